The van der Waals surface area contributed by atoms with E-state index in [0.717, 1.165) is 11.8 Å². The van der Waals surface area contributed by atoms with Crippen LogP contribution in [0.4, 0.5) is 0 Å². The first-order valence-electron chi connectivity index (χ1n) is 4.47. The van der Waals surface area contributed by atoms with Gasteiger partial charge in [0.05, 0.1) is 0 Å². The molecule has 0 aromatic carbocycles. The summed E-state index contributed by atoms with van der Waals surface area (Å²) in [5.74, 6) is 0.656. The normalized spacial score (nSPS) is 15.3. The molecular weight excluding hydrogens is 218 g/mol. The lowest BCUT2D eigenvalue weighted by molar-refractivity contribution is -0.121. The largest absolute Gasteiger partial charge is 0.353 e. The maximum Gasteiger partial charge on any atom is 0.220 e. The van der Waals surface area contributed by atoms with E-state index >= 15 is 0 Å². The number of halogens is 1. The van der Waals surface area contributed by atoms with Gasteiger partial charge in [-0.2, -0.15) is 0 Å². The van der Waals surface area contributed by atoms with Gasteiger partial charge in [0.25, 0.3) is 0 Å². The molecule has 72 valence electrons. The second kappa shape index (κ2) is 6.46. The van der Waals surface area contributed by atoms with Crippen LogP contribution < -0.4 is 5.32 Å². The lowest BCUT2D eigenvalue weighted by atomic mass is 10.1. The molecule has 1 N–H and O–H groups in total. The SMILES string of the molecule is CCCC(=O)NC(C)C(C)CBr. The fourth-order valence-corrected chi connectivity index (χ4v) is 1.39. The van der Waals surface area contributed by atoms with Gasteiger partial charge >= 0.3 is 0 Å². The van der Waals surface area contributed by atoms with Crippen molar-refractivity contribution in [1.29, 1.82) is 0 Å². The molecule has 0 rings (SSSR count). The molecule has 0 aromatic heterocycles. The molecule has 0 radical (unpaired) electrons. The summed E-state index contributed by atoms with van der Waals surface area (Å²) in [6, 6.07) is 0.267. The highest BCUT2D eigenvalue weighted by Gasteiger charge is 2.12. The van der Waals surface area contributed by atoms with E-state index in [0.29, 0.717) is 12.3 Å². The minimum absolute atomic E-state index is 0.165. The zero-order chi connectivity index (χ0) is 9.56. The molecule has 0 spiro atoms. The standard InChI is InChI=1S/C9H18BrNO/c1-4-5-9(12)11-8(3)7(2)6-10/h7-8H,4-6H2,1-3H3,(H,11,12). The lowest BCUT2D eigenvalue weighted by Crippen LogP contribution is -2.37. The zero-order valence-electron chi connectivity index (χ0n) is 8.06. The van der Waals surface area contributed by atoms with Crippen LogP contribution in [0, 0.1) is 5.92 Å². The van der Waals surface area contributed by atoms with Crippen LogP contribution in [0.15, 0.2) is 0 Å². The van der Waals surface area contributed by atoms with Crippen molar-refractivity contribution in [2.24, 2.45) is 5.92 Å². The Morgan fingerprint density at radius 2 is 2.08 bits per heavy atom. The molecule has 2 unspecified atom stereocenters. The Balaban J connectivity index is 3.67. The van der Waals surface area contributed by atoms with E-state index in [2.05, 4.69) is 28.2 Å². The van der Waals surface area contributed by atoms with Crippen molar-refractivity contribution in [2.75, 3.05) is 5.33 Å². The van der Waals surface area contributed by atoms with Crippen LogP contribution in [0.3, 0.4) is 0 Å². The molecule has 0 saturated carbocycles. The van der Waals surface area contributed by atoms with Gasteiger partial charge in [-0.25, -0.2) is 0 Å². The Morgan fingerprint density at radius 1 is 1.50 bits per heavy atom. The van der Waals surface area contributed by atoms with Gasteiger partial charge in [0.1, 0.15) is 0 Å². The number of hydrogen-bond acceptors (Lipinski definition) is 1. The summed E-state index contributed by atoms with van der Waals surface area (Å²) in [4.78, 5) is 11.1. The van der Waals surface area contributed by atoms with Crippen LogP contribution in [0.5, 0.6) is 0 Å². The quantitative estimate of drug-likeness (QED) is 0.729. The van der Waals surface area contributed by atoms with Gasteiger partial charge in [-0.3, -0.25) is 4.79 Å². The van der Waals surface area contributed by atoms with Crippen molar-refractivity contribution >= 4 is 21.8 Å². The molecule has 0 fully saturated rings. The number of carbonyl (C=O) groups is 1. The van der Waals surface area contributed by atoms with E-state index in [1.54, 1.807) is 0 Å². The fourth-order valence-electron chi connectivity index (χ4n) is 0.829. The monoisotopic (exact) mass is 235 g/mol. The zero-order valence-corrected chi connectivity index (χ0v) is 9.65. The molecule has 0 bridgehead atoms. The maximum absolute atomic E-state index is 11.1. The summed E-state index contributed by atoms with van der Waals surface area (Å²) in [6.07, 6.45) is 1.56. The van der Waals surface area contributed by atoms with Crippen LogP contribution >= 0.6 is 15.9 Å². The second-order valence-corrected chi connectivity index (χ2v) is 3.89. The van der Waals surface area contributed by atoms with Crippen LogP contribution in [-0.2, 0) is 4.79 Å². The molecule has 2 atom stereocenters. The van der Waals surface area contributed by atoms with E-state index in [9.17, 15) is 4.79 Å². The van der Waals surface area contributed by atoms with Gasteiger partial charge in [-0.1, -0.05) is 29.8 Å². The molecule has 2 nitrogen and oxygen atoms in total. The Hall–Kier alpha value is -0.0500. The molecule has 0 saturated heterocycles. The van der Waals surface area contributed by atoms with Crippen molar-refractivity contribution < 1.29 is 4.79 Å². The lowest BCUT2D eigenvalue weighted by Gasteiger charge is -2.18. The van der Waals surface area contributed by atoms with Crippen molar-refractivity contribution in [3.05, 3.63) is 0 Å². The van der Waals surface area contributed by atoms with E-state index < -0.39 is 0 Å². The number of rotatable bonds is 5. The van der Waals surface area contributed by atoms with Crippen LogP contribution in [-0.4, -0.2) is 17.3 Å². The van der Waals surface area contributed by atoms with Crippen molar-refractivity contribution in [3.63, 3.8) is 0 Å². The predicted octanol–water partition coefficient (Wildman–Crippen LogP) is 2.32. The molecule has 1 amide bonds. The van der Waals surface area contributed by atoms with E-state index in [4.69, 9.17) is 0 Å². The summed E-state index contributed by atoms with van der Waals surface area (Å²) >= 11 is 3.39. The average Bonchev–Trinajstić information content (AvgIpc) is 2.03. The summed E-state index contributed by atoms with van der Waals surface area (Å²) in [5, 5.41) is 3.89. The summed E-state index contributed by atoms with van der Waals surface area (Å²) in [6.45, 7) is 6.17. The minimum atomic E-state index is 0.165. The Morgan fingerprint density at radius 3 is 2.50 bits per heavy atom. The Labute approximate surface area is 83.2 Å². The molecule has 0 aliphatic heterocycles. The van der Waals surface area contributed by atoms with Gasteiger partial charge in [0, 0.05) is 17.8 Å². The number of nitrogens with one attached hydrogen (secondary N) is 1. The topological polar surface area (TPSA) is 29.1 Å². The summed E-state index contributed by atoms with van der Waals surface area (Å²) in [7, 11) is 0. The van der Waals surface area contributed by atoms with E-state index in [-0.39, 0.29) is 11.9 Å². The van der Waals surface area contributed by atoms with Crippen molar-refractivity contribution in [3.8, 4) is 0 Å². The first-order valence-corrected chi connectivity index (χ1v) is 5.59. The van der Waals surface area contributed by atoms with Crippen molar-refractivity contribution in [2.45, 2.75) is 39.7 Å². The highest BCUT2D eigenvalue weighted by Crippen LogP contribution is 2.05. The van der Waals surface area contributed by atoms with Crippen LogP contribution in [0.25, 0.3) is 0 Å². The first kappa shape index (κ1) is 11.9. The molecular formula is C9H18BrNO. The van der Waals surface area contributed by atoms with E-state index in [1.807, 2.05) is 13.8 Å². The number of amides is 1. The van der Waals surface area contributed by atoms with Gasteiger partial charge < -0.3 is 5.32 Å². The fraction of sp³-hybridized carbons (Fsp3) is 0.889. The maximum atomic E-state index is 11.1. The molecule has 12 heavy (non-hydrogen) atoms. The van der Waals surface area contributed by atoms with Crippen molar-refractivity contribution in [1.82, 2.24) is 5.32 Å². The Bertz CT molecular complexity index is 138. The van der Waals surface area contributed by atoms with Crippen LogP contribution in [0.2, 0.25) is 0 Å². The van der Waals surface area contributed by atoms with Gasteiger partial charge in [0.15, 0.2) is 0 Å². The van der Waals surface area contributed by atoms with Gasteiger partial charge in [-0.15, -0.1) is 0 Å². The first-order chi connectivity index (χ1) is 5.61. The summed E-state index contributed by atoms with van der Waals surface area (Å²) < 4.78 is 0. The minimum Gasteiger partial charge on any atom is -0.353 e. The molecule has 3 heteroatoms. The molecule has 0 aliphatic rings. The number of alkyl halides is 1. The smallest absolute Gasteiger partial charge is 0.220 e. The Kier molecular flexibility index (Phi) is 6.44. The number of hydrogen-bond donors (Lipinski definition) is 1. The third-order valence-electron chi connectivity index (χ3n) is 1.96. The van der Waals surface area contributed by atoms with Gasteiger partial charge in [-0.05, 0) is 19.3 Å². The predicted molar refractivity (Wildman–Crippen MR) is 55.5 cm³/mol. The highest BCUT2D eigenvalue weighted by atomic mass is 79.9. The summed E-state index contributed by atoms with van der Waals surface area (Å²) in [5.41, 5.74) is 0. The highest BCUT2D eigenvalue weighted by molar-refractivity contribution is 9.09. The molecule has 0 heterocycles. The van der Waals surface area contributed by atoms with E-state index in [1.165, 1.54) is 0 Å². The average molecular weight is 236 g/mol. The molecule has 0 aromatic rings. The third kappa shape index (κ3) is 4.75. The third-order valence-corrected chi connectivity index (χ3v) is 2.98. The van der Waals surface area contributed by atoms with Crippen LogP contribution in [0.1, 0.15) is 33.6 Å². The second-order valence-electron chi connectivity index (χ2n) is 3.24. The number of carbonyl (C=O) groups excluding carboxylic acids is 1. The molecule has 0 aliphatic carbocycles. The van der Waals surface area contributed by atoms with Gasteiger partial charge in [0.2, 0.25) is 5.91 Å².